The Morgan fingerprint density at radius 3 is 2.77 bits per heavy atom. The molecule has 1 unspecified atom stereocenters. The average molecular weight is 175 g/mol. The van der Waals surface area contributed by atoms with Crippen molar-refractivity contribution in [1.82, 2.24) is 0 Å². The van der Waals surface area contributed by atoms with Gasteiger partial charge < -0.3 is 0 Å². The molecule has 0 heterocycles. The van der Waals surface area contributed by atoms with Crippen LogP contribution in [0.3, 0.4) is 0 Å². The fourth-order valence-electron chi connectivity index (χ4n) is 1.04. The predicted octanol–water partition coefficient (Wildman–Crippen LogP) is 2.99. The molecule has 13 heavy (non-hydrogen) atoms. The largest absolute Gasteiger partial charge is 0.206 e. The molecule has 0 saturated heterocycles. The lowest BCUT2D eigenvalue weighted by atomic mass is 10.00. The molecule has 1 aromatic carbocycles. The molecule has 66 valence electrons. The third kappa shape index (κ3) is 1.94. The summed E-state index contributed by atoms with van der Waals surface area (Å²) in [5.74, 6) is -0.351. The van der Waals surface area contributed by atoms with Gasteiger partial charge in [0.15, 0.2) is 0 Å². The first-order chi connectivity index (χ1) is 6.19. The monoisotopic (exact) mass is 175 g/mol. The van der Waals surface area contributed by atoms with Gasteiger partial charge in [-0.25, -0.2) is 4.39 Å². The minimum atomic E-state index is -0.464. The van der Waals surface area contributed by atoms with Gasteiger partial charge >= 0.3 is 0 Å². The summed E-state index contributed by atoms with van der Waals surface area (Å²) in [5.41, 5.74) is 0.923. The molecule has 0 radical (unpaired) electrons. The summed E-state index contributed by atoms with van der Waals surface area (Å²) in [7, 11) is 0. The number of allylic oxidation sites excluding steroid dienone is 1. The van der Waals surface area contributed by atoms with Crippen molar-refractivity contribution in [2.45, 2.75) is 12.8 Å². The highest BCUT2D eigenvalue weighted by molar-refractivity contribution is 5.35. The first kappa shape index (κ1) is 9.47. The lowest BCUT2D eigenvalue weighted by Gasteiger charge is -2.05. The normalized spacial score (nSPS) is 11.8. The van der Waals surface area contributed by atoms with Gasteiger partial charge in [-0.2, -0.15) is 5.26 Å². The smallest absolute Gasteiger partial charge is 0.141 e. The second kappa shape index (κ2) is 3.86. The van der Waals surface area contributed by atoms with E-state index in [0.717, 1.165) is 5.56 Å². The van der Waals surface area contributed by atoms with Gasteiger partial charge in [-0.1, -0.05) is 19.1 Å². The standard InChI is InChI=1S/C11H10FN/c1-3-8(2)9-4-5-10(7-13)11(12)6-9/h3-6,8H,1H2,2H3. The maximum absolute atomic E-state index is 13.1. The zero-order chi connectivity index (χ0) is 9.84. The van der Waals surface area contributed by atoms with Crippen molar-refractivity contribution in [2.75, 3.05) is 0 Å². The quantitative estimate of drug-likeness (QED) is 0.634. The molecule has 1 rings (SSSR count). The van der Waals surface area contributed by atoms with Crippen LogP contribution in [-0.4, -0.2) is 0 Å². The van der Waals surface area contributed by atoms with E-state index < -0.39 is 5.82 Å². The Morgan fingerprint density at radius 2 is 2.31 bits per heavy atom. The van der Waals surface area contributed by atoms with Crippen LogP contribution >= 0.6 is 0 Å². The summed E-state index contributed by atoms with van der Waals surface area (Å²) in [6.45, 7) is 5.55. The van der Waals surface area contributed by atoms with Gasteiger partial charge in [0.05, 0.1) is 5.56 Å². The van der Waals surface area contributed by atoms with Crippen LogP contribution in [0.25, 0.3) is 0 Å². The van der Waals surface area contributed by atoms with Crippen LogP contribution in [0.1, 0.15) is 24.0 Å². The molecular formula is C11H10FN. The van der Waals surface area contributed by atoms with E-state index in [9.17, 15) is 4.39 Å². The van der Waals surface area contributed by atoms with Gasteiger partial charge in [0, 0.05) is 0 Å². The van der Waals surface area contributed by atoms with Gasteiger partial charge in [-0.05, 0) is 23.6 Å². The Bertz CT molecular complexity index is 363. The van der Waals surface area contributed by atoms with Crippen LogP contribution in [0.2, 0.25) is 0 Å². The molecule has 0 amide bonds. The summed E-state index contributed by atoms with van der Waals surface area (Å²) in [4.78, 5) is 0. The van der Waals surface area contributed by atoms with Crippen molar-refractivity contribution < 1.29 is 4.39 Å². The molecule has 0 aliphatic heterocycles. The SMILES string of the molecule is C=CC(C)c1ccc(C#N)c(F)c1. The third-order valence-electron chi connectivity index (χ3n) is 1.99. The zero-order valence-electron chi connectivity index (χ0n) is 7.42. The number of benzene rings is 1. The Labute approximate surface area is 77.1 Å². The van der Waals surface area contributed by atoms with Gasteiger partial charge in [-0.15, -0.1) is 6.58 Å². The van der Waals surface area contributed by atoms with Gasteiger partial charge in [-0.3, -0.25) is 0 Å². The van der Waals surface area contributed by atoms with E-state index in [0.29, 0.717) is 0 Å². The molecule has 1 aromatic rings. The summed E-state index contributed by atoms with van der Waals surface area (Å²) >= 11 is 0. The molecule has 0 spiro atoms. The molecule has 1 atom stereocenters. The lowest BCUT2D eigenvalue weighted by molar-refractivity contribution is 0.620. The van der Waals surface area contributed by atoms with E-state index in [1.165, 1.54) is 12.1 Å². The van der Waals surface area contributed by atoms with Gasteiger partial charge in [0.1, 0.15) is 11.9 Å². The highest BCUT2D eigenvalue weighted by Gasteiger charge is 2.05. The van der Waals surface area contributed by atoms with Crippen LogP contribution in [0.5, 0.6) is 0 Å². The highest BCUT2D eigenvalue weighted by atomic mass is 19.1. The predicted molar refractivity (Wildman–Crippen MR) is 49.7 cm³/mol. The van der Waals surface area contributed by atoms with Gasteiger partial charge in [0.2, 0.25) is 0 Å². The topological polar surface area (TPSA) is 23.8 Å². The molecule has 1 nitrogen and oxygen atoms in total. The molecule has 0 saturated carbocycles. The number of nitrogens with zero attached hydrogens (tertiary/aromatic N) is 1. The molecule has 0 bridgehead atoms. The van der Waals surface area contributed by atoms with Crippen molar-refractivity contribution in [1.29, 1.82) is 5.26 Å². The Balaban J connectivity index is 3.11. The maximum Gasteiger partial charge on any atom is 0.141 e. The lowest BCUT2D eigenvalue weighted by Crippen LogP contribution is -1.91. The highest BCUT2D eigenvalue weighted by Crippen LogP contribution is 2.18. The molecule has 0 aliphatic rings. The Kier molecular flexibility index (Phi) is 2.81. The maximum atomic E-state index is 13.1. The van der Waals surface area contributed by atoms with Crippen LogP contribution < -0.4 is 0 Å². The van der Waals surface area contributed by atoms with E-state index >= 15 is 0 Å². The van der Waals surface area contributed by atoms with Crippen molar-refractivity contribution in [3.8, 4) is 6.07 Å². The number of hydrogen-bond donors (Lipinski definition) is 0. The molecular weight excluding hydrogens is 165 g/mol. The first-order valence-corrected chi connectivity index (χ1v) is 4.01. The van der Waals surface area contributed by atoms with Crippen LogP contribution in [0.15, 0.2) is 30.9 Å². The zero-order valence-corrected chi connectivity index (χ0v) is 7.42. The summed E-state index contributed by atoms with van der Waals surface area (Å²) in [6, 6.07) is 6.39. The van der Waals surface area contributed by atoms with Crippen molar-refractivity contribution in [3.05, 3.63) is 47.8 Å². The van der Waals surface area contributed by atoms with E-state index in [4.69, 9.17) is 5.26 Å². The second-order valence-electron chi connectivity index (χ2n) is 2.88. The van der Waals surface area contributed by atoms with E-state index in [2.05, 4.69) is 6.58 Å². The van der Waals surface area contributed by atoms with Gasteiger partial charge in [0.25, 0.3) is 0 Å². The number of halogens is 1. The minimum absolute atomic E-state index is 0.0833. The first-order valence-electron chi connectivity index (χ1n) is 4.01. The summed E-state index contributed by atoms with van der Waals surface area (Å²) < 4.78 is 13.1. The molecule has 0 N–H and O–H groups in total. The number of hydrogen-bond acceptors (Lipinski definition) is 1. The van der Waals surface area contributed by atoms with E-state index in [1.54, 1.807) is 18.2 Å². The average Bonchev–Trinajstić information content (AvgIpc) is 2.16. The number of rotatable bonds is 2. The third-order valence-corrected chi connectivity index (χ3v) is 1.99. The minimum Gasteiger partial charge on any atom is -0.206 e. The second-order valence-corrected chi connectivity index (χ2v) is 2.88. The fraction of sp³-hybridized carbons (Fsp3) is 0.182. The molecule has 0 fully saturated rings. The van der Waals surface area contributed by atoms with Crippen molar-refractivity contribution in [3.63, 3.8) is 0 Å². The van der Waals surface area contributed by atoms with Crippen molar-refractivity contribution >= 4 is 0 Å². The van der Waals surface area contributed by atoms with Crippen LogP contribution in [-0.2, 0) is 0 Å². The van der Waals surface area contributed by atoms with E-state index in [1.807, 2.05) is 6.92 Å². The van der Waals surface area contributed by atoms with Crippen LogP contribution in [0.4, 0.5) is 4.39 Å². The number of nitriles is 1. The fourth-order valence-corrected chi connectivity index (χ4v) is 1.04. The molecule has 0 aliphatic carbocycles. The summed E-state index contributed by atoms with van der Waals surface area (Å²) in [6.07, 6.45) is 1.74. The summed E-state index contributed by atoms with van der Waals surface area (Å²) in [5, 5.41) is 8.49. The van der Waals surface area contributed by atoms with Crippen molar-refractivity contribution in [2.24, 2.45) is 0 Å². The molecule has 0 aromatic heterocycles. The molecule has 2 heteroatoms. The van der Waals surface area contributed by atoms with E-state index in [-0.39, 0.29) is 11.5 Å². The van der Waals surface area contributed by atoms with Crippen LogP contribution in [0, 0.1) is 17.1 Å². The Hall–Kier alpha value is -1.62. The Morgan fingerprint density at radius 1 is 1.62 bits per heavy atom.